The molecule has 1 fully saturated rings. The quantitative estimate of drug-likeness (QED) is 0.478. The van der Waals surface area contributed by atoms with Crippen LogP contribution in [0.1, 0.15) is 71.2 Å². The van der Waals surface area contributed by atoms with E-state index < -0.39 is 5.92 Å². The topological polar surface area (TPSA) is 52.7 Å². The van der Waals surface area contributed by atoms with Crippen LogP contribution in [0.25, 0.3) is 0 Å². The summed E-state index contributed by atoms with van der Waals surface area (Å²) in [7, 11) is 0. The van der Waals surface area contributed by atoms with Crippen molar-refractivity contribution in [1.82, 2.24) is 15.1 Å². The number of fused-ring (bicyclic) bond motifs is 2. The first kappa shape index (κ1) is 24.5. The monoisotopic (exact) mass is 513 g/mol. The Labute approximate surface area is 223 Å². The average molecular weight is 514 g/mol. The van der Waals surface area contributed by atoms with E-state index in [-0.39, 0.29) is 17.9 Å². The average Bonchev–Trinajstić information content (AvgIpc) is 3.66. The zero-order valence-electron chi connectivity index (χ0n) is 21.3. The van der Waals surface area contributed by atoms with Crippen LogP contribution in [0.2, 0.25) is 0 Å². The lowest BCUT2D eigenvalue weighted by atomic mass is 9.81. The first-order chi connectivity index (χ1) is 18.2. The number of carbonyl (C=O) groups excluding carboxylic acids is 2. The highest BCUT2D eigenvalue weighted by atomic mass is 32.1. The SMILES string of the molecule is O=C(CCN1CCc2ccccc2C1)NC(=O)C1c2ccccc2CN(C2CCCC2)C1c1cccs1. The Balaban J connectivity index is 1.19. The molecule has 2 unspecified atom stereocenters. The van der Waals surface area contributed by atoms with Gasteiger partial charge in [-0.15, -0.1) is 11.3 Å². The molecule has 0 saturated heterocycles. The lowest BCUT2D eigenvalue weighted by Crippen LogP contribution is -2.48. The maximum atomic E-state index is 13.9. The Kier molecular flexibility index (Phi) is 7.23. The van der Waals surface area contributed by atoms with Crippen molar-refractivity contribution in [3.05, 3.63) is 93.2 Å². The largest absolute Gasteiger partial charge is 0.298 e. The summed E-state index contributed by atoms with van der Waals surface area (Å²) in [6.07, 6.45) is 6.19. The highest BCUT2D eigenvalue weighted by molar-refractivity contribution is 7.10. The molecule has 6 rings (SSSR count). The third-order valence-corrected chi connectivity index (χ3v) is 9.40. The second-order valence-electron chi connectivity index (χ2n) is 10.7. The van der Waals surface area contributed by atoms with Crippen LogP contribution < -0.4 is 5.32 Å². The van der Waals surface area contributed by atoms with Gasteiger partial charge in [0.15, 0.2) is 0 Å². The van der Waals surface area contributed by atoms with E-state index in [4.69, 9.17) is 0 Å². The molecule has 3 aromatic rings. The molecule has 192 valence electrons. The van der Waals surface area contributed by atoms with Crippen molar-refractivity contribution in [2.24, 2.45) is 0 Å². The number of imide groups is 1. The van der Waals surface area contributed by atoms with Crippen LogP contribution in [0.15, 0.2) is 66.0 Å². The summed E-state index contributed by atoms with van der Waals surface area (Å²) in [4.78, 5) is 33.0. The van der Waals surface area contributed by atoms with Crippen LogP contribution in [-0.2, 0) is 29.1 Å². The summed E-state index contributed by atoms with van der Waals surface area (Å²) in [6, 6.07) is 21.5. The first-order valence-electron chi connectivity index (χ1n) is 13.7. The van der Waals surface area contributed by atoms with E-state index in [2.05, 4.69) is 75.1 Å². The van der Waals surface area contributed by atoms with Crippen LogP contribution in [-0.4, -0.2) is 40.7 Å². The van der Waals surface area contributed by atoms with E-state index >= 15 is 0 Å². The Bertz CT molecular complexity index is 1250. The third kappa shape index (κ3) is 5.15. The minimum Gasteiger partial charge on any atom is -0.298 e. The molecule has 6 heteroatoms. The Morgan fingerprint density at radius 2 is 1.65 bits per heavy atom. The fourth-order valence-corrected chi connectivity index (χ4v) is 7.47. The van der Waals surface area contributed by atoms with E-state index in [1.807, 2.05) is 6.07 Å². The second-order valence-corrected chi connectivity index (χ2v) is 11.7. The van der Waals surface area contributed by atoms with E-state index in [1.54, 1.807) is 11.3 Å². The number of rotatable bonds is 6. The predicted octanol–water partition coefficient (Wildman–Crippen LogP) is 5.42. The fourth-order valence-electron chi connectivity index (χ4n) is 6.58. The zero-order valence-corrected chi connectivity index (χ0v) is 22.1. The molecular weight excluding hydrogens is 478 g/mol. The number of hydrogen-bond acceptors (Lipinski definition) is 5. The Morgan fingerprint density at radius 3 is 2.43 bits per heavy atom. The van der Waals surface area contributed by atoms with Crippen molar-refractivity contribution < 1.29 is 9.59 Å². The molecule has 0 spiro atoms. The summed E-state index contributed by atoms with van der Waals surface area (Å²) in [5, 5.41) is 4.92. The zero-order chi connectivity index (χ0) is 25.2. The van der Waals surface area contributed by atoms with Crippen LogP contribution in [0, 0.1) is 0 Å². The fraction of sp³-hybridized carbons (Fsp3) is 0.419. The normalized spacial score (nSPS) is 22.4. The molecular formula is C31H35N3O2S. The van der Waals surface area contributed by atoms with Gasteiger partial charge >= 0.3 is 0 Å². The van der Waals surface area contributed by atoms with Gasteiger partial charge in [0.25, 0.3) is 0 Å². The molecule has 2 amide bonds. The highest BCUT2D eigenvalue weighted by Gasteiger charge is 2.44. The van der Waals surface area contributed by atoms with E-state index in [9.17, 15) is 9.59 Å². The van der Waals surface area contributed by atoms with Crippen LogP contribution in [0.5, 0.6) is 0 Å². The van der Waals surface area contributed by atoms with Crippen molar-refractivity contribution >= 4 is 23.2 Å². The van der Waals surface area contributed by atoms with Gasteiger partial charge in [0, 0.05) is 43.5 Å². The number of benzene rings is 2. The molecule has 5 nitrogen and oxygen atoms in total. The minimum atomic E-state index is -0.394. The Hall–Kier alpha value is -2.80. The molecule has 2 aliphatic heterocycles. The van der Waals surface area contributed by atoms with Crippen molar-refractivity contribution in [3.63, 3.8) is 0 Å². The van der Waals surface area contributed by atoms with E-state index in [1.165, 1.54) is 47.3 Å². The third-order valence-electron chi connectivity index (χ3n) is 8.45. The summed E-state index contributed by atoms with van der Waals surface area (Å²) in [5.74, 6) is -0.734. The Morgan fingerprint density at radius 1 is 0.892 bits per heavy atom. The van der Waals surface area contributed by atoms with E-state index in [0.717, 1.165) is 31.6 Å². The predicted molar refractivity (Wildman–Crippen MR) is 147 cm³/mol. The summed E-state index contributed by atoms with van der Waals surface area (Å²) < 4.78 is 0. The standard InChI is InChI=1S/C31H35N3O2S/c35-28(16-18-33-17-15-22-8-1-2-9-23(22)20-33)32-31(36)29-26-13-6-3-10-24(26)21-34(25-11-4-5-12-25)30(29)27-14-7-19-37-27/h1-3,6-10,13-14,19,25,29-30H,4-5,11-12,15-18,20-21H2,(H,32,35,36). The molecule has 1 aliphatic carbocycles. The summed E-state index contributed by atoms with van der Waals surface area (Å²) >= 11 is 1.72. The van der Waals surface area contributed by atoms with Crippen LogP contribution in [0.4, 0.5) is 0 Å². The molecule has 1 aromatic heterocycles. The lowest BCUT2D eigenvalue weighted by Gasteiger charge is -2.44. The number of amides is 2. The number of thiophene rings is 1. The van der Waals surface area contributed by atoms with Crippen molar-refractivity contribution in [2.45, 2.75) is 69.6 Å². The number of carbonyl (C=O) groups is 2. The maximum Gasteiger partial charge on any atom is 0.236 e. The second kappa shape index (κ2) is 10.9. The van der Waals surface area contributed by atoms with Gasteiger partial charge in [-0.05, 0) is 53.0 Å². The highest BCUT2D eigenvalue weighted by Crippen LogP contribution is 2.47. The first-order valence-corrected chi connectivity index (χ1v) is 14.5. The van der Waals surface area contributed by atoms with Crippen LogP contribution in [0.3, 0.4) is 0 Å². The molecule has 3 aliphatic rings. The minimum absolute atomic E-state index is 0.0376. The van der Waals surface area contributed by atoms with E-state index in [0.29, 0.717) is 19.0 Å². The van der Waals surface area contributed by atoms with Gasteiger partial charge in [-0.2, -0.15) is 0 Å². The molecule has 2 atom stereocenters. The lowest BCUT2D eigenvalue weighted by molar-refractivity contribution is -0.133. The number of nitrogens with one attached hydrogen (secondary N) is 1. The van der Waals surface area contributed by atoms with Gasteiger partial charge in [0.2, 0.25) is 11.8 Å². The molecule has 37 heavy (non-hydrogen) atoms. The molecule has 0 bridgehead atoms. The van der Waals surface area contributed by atoms with Gasteiger partial charge in [-0.25, -0.2) is 0 Å². The summed E-state index contributed by atoms with van der Waals surface area (Å²) in [6.45, 7) is 3.34. The van der Waals surface area contributed by atoms with Gasteiger partial charge in [-0.1, -0.05) is 67.4 Å². The van der Waals surface area contributed by atoms with Gasteiger partial charge < -0.3 is 0 Å². The molecule has 1 N–H and O–H groups in total. The van der Waals surface area contributed by atoms with Crippen LogP contribution >= 0.6 is 11.3 Å². The number of hydrogen-bond donors (Lipinski definition) is 1. The molecule has 1 saturated carbocycles. The maximum absolute atomic E-state index is 13.9. The van der Waals surface area contributed by atoms with Crippen molar-refractivity contribution in [1.29, 1.82) is 0 Å². The molecule has 0 radical (unpaired) electrons. The smallest absolute Gasteiger partial charge is 0.236 e. The summed E-state index contributed by atoms with van der Waals surface area (Å²) in [5.41, 5.74) is 5.02. The van der Waals surface area contributed by atoms with Crippen molar-refractivity contribution in [3.8, 4) is 0 Å². The molecule has 2 aromatic carbocycles. The number of nitrogens with zero attached hydrogens (tertiary/aromatic N) is 2. The van der Waals surface area contributed by atoms with Crippen molar-refractivity contribution in [2.75, 3.05) is 13.1 Å². The molecule has 3 heterocycles. The van der Waals surface area contributed by atoms with Gasteiger partial charge in [0.1, 0.15) is 0 Å². The van der Waals surface area contributed by atoms with Gasteiger partial charge in [0.05, 0.1) is 12.0 Å². The van der Waals surface area contributed by atoms with Gasteiger partial charge in [-0.3, -0.25) is 24.7 Å².